The number of benzene rings is 2. The first-order valence-corrected chi connectivity index (χ1v) is 12.0. The second kappa shape index (κ2) is 11.6. The Morgan fingerprint density at radius 3 is 2.61 bits per heavy atom. The second-order valence-corrected chi connectivity index (χ2v) is 8.87. The number of nitrogens with zero attached hydrogens (tertiary/aromatic N) is 3. The van der Waals surface area contributed by atoms with Crippen LogP contribution in [0.15, 0.2) is 66.7 Å². The maximum Gasteiger partial charge on any atom is 0.234 e. The van der Waals surface area contributed by atoms with Crippen LogP contribution in [-0.2, 0) is 6.42 Å². The number of para-hydroxylation sites is 1. The first-order valence-electron chi connectivity index (χ1n) is 11.6. The third kappa shape index (κ3) is 7.15. The minimum atomic E-state index is 0.442. The van der Waals surface area contributed by atoms with Gasteiger partial charge in [0.15, 0.2) is 5.11 Å². The largest absolute Gasteiger partial charge is 0.439 e. The summed E-state index contributed by atoms with van der Waals surface area (Å²) in [5.41, 5.74) is 1.33. The summed E-state index contributed by atoms with van der Waals surface area (Å²) in [5.74, 6) is 3.17. The van der Waals surface area contributed by atoms with Crippen molar-refractivity contribution in [2.45, 2.75) is 32.6 Å². The molecule has 0 spiro atoms. The molecule has 0 unspecified atom stereocenters. The number of ether oxygens (including phenoxy) is 1. The van der Waals surface area contributed by atoms with Gasteiger partial charge in [0, 0.05) is 25.7 Å². The molecular formula is C26H31N5OS. The van der Waals surface area contributed by atoms with Gasteiger partial charge in [0.2, 0.25) is 11.8 Å². The Morgan fingerprint density at radius 1 is 1.09 bits per heavy atom. The summed E-state index contributed by atoms with van der Waals surface area (Å²) in [5, 5.41) is 6.92. The molecule has 2 N–H and O–H groups in total. The smallest absolute Gasteiger partial charge is 0.234 e. The minimum Gasteiger partial charge on any atom is -0.439 e. The number of thiocarbonyl (C=S) groups is 1. The molecule has 33 heavy (non-hydrogen) atoms. The van der Waals surface area contributed by atoms with Gasteiger partial charge in [-0.1, -0.05) is 55.5 Å². The zero-order valence-corrected chi connectivity index (χ0v) is 19.9. The normalized spacial score (nSPS) is 15.7. The van der Waals surface area contributed by atoms with Crippen LogP contribution >= 0.6 is 12.2 Å². The molecule has 4 rings (SSSR count). The zero-order chi connectivity index (χ0) is 22.9. The van der Waals surface area contributed by atoms with Gasteiger partial charge in [-0.2, -0.15) is 9.97 Å². The molecular weight excluding hydrogens is 430 g/mol. The van der Waals surface area contributed by atoms with E-state index in [1.807, 2.05) is 42.5 Å². The molecule has 1 atom stereocenters. The van der Waals surface area contributed by atoms with Gasteiger partial charge in [-0.15, -0.1) is 0 Å². The number of nitrogens with one attached hydrogen (secondary N) is 2. The topological polar surface area (TPSA) is 62.3 Å². The monoisotopic (exact) mass is 461 g/mol. The molecule has 1 aliphatic heterocycles. The SMILES string of the molecule is C[C@@H]1CCCN(c2cc(Oc3ccccc3)nc(NC(=S)NCCCc3ccccc3)n2)C1. The van der Waals surface area contributed by atoms with Crippen LogP contribution in [-0.4, -0.2) is 34.7 Å². The van der Waals surface area contributed by atoms with Crippen molar-refractivity contribution in [3.63, 3.8) is 0 Å². The highest BCUT2D eigenvalue weighted by atomic mass is 32.1. The zero-order valence-electron chi connectivity index (χ0n) is 19.0. The number of anilines is 2. The van der Waals surface area contributed by atoms with E-state index in [1.54, 1.807) is 0 Å². The fraction of sp³-hybridized carbons (Fsp3) is 0.346. The van der Waals surface area contributed by atoms with E-state index in [-0.39, 0.29) is 0 Å². The molecule has 172 valence electrons. The van der Waals surface area contributed by atoms with Crippen LogP contribution in [0, 0.1) is 5.92 Å². The van der Waals surface area contributed by atoms with Crippen molar-refractivity contribution >= 4 is 29.1 Å². The molecule has 0 radical (unpaired) electrons. The Hall–Kier alpha value is -3.19. The van der Waals surface area contributed by atoms with Crippen LogP contribution in [0.25, 0.3) is 0 Å². The van der Waals surface area contributed by atoms with E-state index in [0.29, 0.717) is 22.9 Å². The number of piperidine rings is 1. The van der Waals surface area contributed by atoms with E-state index in [0.717, 1.165) is 50.5 Å². The molecule has 6 nitrogen and oxygen atoms in total. The molecule has 2 heterocycles. The molecule has 0 bridgehead atoms. The van der Waals surface area contributed by atoms with E-state index < -0.39 is 0 Å². The number of rotatable bonds is 8. The molecule has 1 saturated heterocycles. The third-order valence-corrected chi connectivity index (χ3v) is 5.88. The van der Waals surface area contributed by atoms with Crippen molar-refractivity contribution in [1.82, 2.24) is 15.3 Å². The third-order valence-electron chi connectivity index (χ3n) is 5.63. The summed E-state index contributed by atoms with van der Waals surface area (Å²) in [4.78, 5) is 11.6. The average molecular weight is 462 g/mol. The van der Waals surface area contributed by atoms with E-state index in [2.05, 4.69) is 51.7 Å². The summed E-state index contributed by atoms with van der Waals surface area (Å²) in [6.07, 6.45) is 4.40. The molecule has 3 aromatic rings. The highest BCUT2D eigenvalue weighted by Gasteiger charge is 2.20. The Balaban J connectivity index is 1.41. The number of hydrogen-bond donors (Lipinski definition) is 2. The molecule has 0 aliphatic carbocycles. The Labute approximate surface area is 201 Å². The van der Waals surface area contributed by atoms with Crippen molar-refractivity contribution in [3.05, 3.63) is 72.3 Å². The summed E-state index contributed by atoms with van der Waals surface area (Å²) in [6, 6.07) is 22.0. The lowest BCUT2D eigenvalue weighted by molar-refractivity contribution is 0.440. The quantitative estimate of drug-likeness (QED) is 0.343. The average Bonchev–Trinajstić information content (AvgIpc) is 2.83. The fourth-order valence-electron chi connectivity index (χ4n) is 3.97. The van der Waals surface area contributed by atoms with Crippen molar-refractivity contribution in [2.75, 3.05) is 29.9 Å². The molecule has 0 saturated carbocycles. The van der Waals surface area contributed by atoms with Gasteiger partial charge in [-0.3, -0.25) is 0 Å². The molecule has 1 fully saturated rings. The first-order chi connectivity index (χ1) is 16.2. The lowest BCUT2D eigenvalue weighted by Gasteiger charge is -2.32. The highest BCUT2D eigenvalue weighted by Crippen LogP contribution is 2.27. The first kappa shape index (κ1) is 23.0. The van der Waals surface area contributed by atoms with Gasteiger partial charge < -0.3 is 20.3 Å². The van der Waals surface area contributed by atoms with E-state index >= 15 is 0 Å². The Kier molecular flexibility index (Phi) is 8.09. The summed E-state index contributed by atoms with van der Waals surface area (Å²) in [6.45, 7) is 5.01. The van der Waals surface area contributed by atoms with Crippen molar-refractivity contribution in [1.29, 1.82) is 0 Å². The highest BCUT2D eigenvalue weighted by molar-refractivity contribution is 7.80. The van der Waals surface area contributed by atoms with Crippen molar-refractivity contribution < 1.29 is 4.74 Å². The van der Waals surface area contributed by atoms with Crippen molar-refractivity contribution in [3.8, 4) is 11.6 Å². The Morgan fingerprint density at radius 2 is 1.85 bits per heavy atom. The summed E-state index contributed by atoms with van der Waals surface area (Å²) < 4.78 is 6.02. The van der Waals surface area contributed by atoms with Gasteiger partial charge in [-0.25, -0.2) is 0 Å². The fourth-order valence-corrected chi connectivity index (χ4v) is 4.17. The predicted octanol–water partition coefficient (Wildman–Crippen LogP) is 5.42. The van der Waals surface area contributed by atoms with Crippen LogP contribution in [0.3, 0.4) is 0 Å². The number of aryl methyl sites for hydroxylation is 1. The van der Waals surface area contributed by atoms with Crippen LogP contribution in [0.5, 0.6) is 11.6 Å². The standard InChI is InChI=1S/C26H31N5OS/c1-20-10-9-17-31(19-20)23-18-24(32-22-14-6-3-7-15-22)29-25(28-23)30-26(33)27-16-8-13-21-11-4-2-5-12-21/h2-7,11-12,14-15,18,20H,8-10,13,16-17,19H2,1H3,(H2,27,28,29,30,33)/t20-/m1/s1. The Bertz CT molecular complexity index is 1030. The number of aromatic nitrogens is 2. The van der Waals surface area contributed by atoms with Gasteiger partial charge in [0.05, 0.1) is 0 Å². The van der Waals surface area contributed by atoms with Gasteiger partial charge in [0.1, 0.15) is 11.6 Å². The lowest BCUT2D eigenvalue weighted by atomic mass is 10.0. The van der Waals surface area contributed by atoms with Crippen LogP contribution in [0.1, 0.15) is 31.7 Å². The van der Waals surface area contributed by atoms with E-state index in [9.17, 15) is 0 Å². The minimum absolute atomic E-state index is 0.442. The number of hydrogen-bond acceptors (Lipinski definition) is 5. The summed E-state index contributed by atoms with van der Waals surface area (Å²) >= 11 is 5.50. The van der Waals surface area contributed by atoms with E-state index in [1.165, 1.54) is 12.0 Å². The van der Waals surface area contributed by atoms with Crippen LogP contribution in [0.4, 0.5) is 11.8 Å². The van der Waals surface area contributed by atoms with Crippen LogP contribution < -0.4 is 20.3 Å². The summed E-state index contributed by atoms with van der Waals surface area (Å²) in [7, 11) is 0. The molecule has 1 aliphatic rings. The second-order valence-electron chi connectivity index (χ2n) is 8.47. The maximum atomic E-state index is 6.02. The molecule has 1 aromatic heterocycles. The predicted molar refractivity (Wildman–Crippen MR) is 138 cm³/mol. The molecule has 7 heteroatoms. The molecule has 2 aromatic carbocycles. The van der Waals surface area contributed by atoms with Gasteiger partial charge in [0.25, 0.3) is 0 Å². The lowest BCUT2D eigenvalue weighted by Crippen LogP contribution is -2.35. The maximum absolute atomic E-state index is 6.02. The van der Waals surface area contributed by atoms with E-state index in [4.69, 9.17) is 21.9 Å². The molecule has 0 amide bonds. The van der Waals surface area contributed by atoms with Gasteiger partial charge >= 0.3 is 0 Å². The van der Waals surface area contributed by atoms with Crippen molar-refractivity contribution in [2.24, 2.45) is 5.92 Å². The van der Waals surface area contributed by atoms with Gasteiger partial charge in [-0.05, 0) is 61.5 Å². The van der Waals surface area contributed by atoms with Crippen LogP contribution in [0.2, 0.25) is 0 Å².